The predicted molar refractivity (Wildman–Crippen MR) is 93.5 cm³/mol. The summed E-state index contributed by atoms with van der Waals surface area (Å²) in [5.41, 5.74) is 0.956. The van der Waals surface area contributed by atoms with E-state index in [1.54, 1.807) is 23.1 Å². The van der Waals surface area contributed by atoms with Crippen LogP contribution in [-0.2, 0) is 4.74 Å². The second-order valence-electron chi connectivity index (χ2n) is 6.01. The summed E-state index contributed by atoms with van der Waals surface area (Å²) in [6.07, 6.45) is -0.189. The molecule has 1 fully saturated rings. The van der Waals surface area contributed by atoms with Crippen molar-refractivity contribution in [2.24, 2.45) is 0 Å². The van der Waals surface area contributed by atoms with Gasteiger partial charge in [0.15, 0.2) is 0 Å². The van der Waals surface area contributed by atoms with Crippen molar-refractivity contribution in [2.45, 2.75) is 6.10 Å². The highest BCUT2D eigenvalue weighted by atomic mass is 16.5. The van der Waals surface area contributed by atoms with Gasteiger partial charge in [0, 0.05) is 11.9 Å². The third-order valence-corrected chi connectivity index (χ3v) is 4.40. The van der Waals surface area contributed by atoms with Crippen LogP contribution in [0.3, 0.4) is 0 Å². The van der Waals surface area contributed by atoms with Crippen LogP contribution in [0.1, 0.15) is 22.0 Å². The Balaban J connectivity index is 1.62. The van der Waals surface area contributed by atoms with Crippen LogP contribution in [0.4, 0.5) is 0 Å². The molecule has 126 valence electrons. The predicted octanol–water partition coefficient (Wildman–Crippen LogP) is 3.01. The molecule has 3 aromatic rings. The van der Waals surface area contributed by atoms with E-state index in [1.165, 1.54) is 0 Å². The number of hydrogen-bond acceptors (Lipinski definition) is 4. The topological polar surface area (TPSA) is 59.8 Å². The molecule has 0 unspecified atom stereocenters. The summed E-state index contributed by atoms with van der Waals surface area (Å²) in [5, 5.41) is 0.735. The molecular weight excluding hydrogens is 318 g/mol. The quantitative estimate of drug-likeness (QED) is 0.676. The van der Waals surface area contributed by atoms with E-state index < -0.39 is 5.63 Å². The van der Waals surface area contributed by atoms with E-state index in [4.69, 9.17) is 9.15 Å². The number of benzene rings is 2. The molecule has 1 amide bonds. The molecule has 1 aliphatic rings. The van der Waals surface area contributed by atoms with Gasteiger partial charge in [-0.25, -0.2) is 4.79 Å². The fourth-order valence-electron chi connectivity index (χ4n) is 3.08. The van der Waals surface area contributed by atoms with E-state index in [-0.39, 0.29) is 17.6 Å². The van der Waals surface area contributed by atoms with Crippen molar-refractivity contribution in [3.63, 3.8) is 0 Å². The molecule has 0 bridgehead atoms. The van der Waals surface area contributed by atoms with Gasteiger partial charge in [-0.05, 0) is 17.7 Å². The average Bonchev–Trinajstić information content (AvgIpc) is 2.68. The monoisotopic (exact) mass is 335 g/mol. The number of para-hydroxylation sites is 1. The number of fused-ring (bicyclic) bond motifs is 1. The number of amides is 1. The van der Waals surface area contributed by atoms with Gasteiger partial charge in [0.1, 0.15) is 17.3 Å². The van der Waals surface area contributed by atoms with E-state index in [0.29, 0.717) is 25.3 Å². The van der Waals surface area contributed by atoms with Gasteiger partial charge in [0.2, 0.25) is 0 Å². The first-order valence-corrected chi connectivity index (χ1v) is 8.21. The maximum atomic E-state index is 12.9. The SMILES string of the molecule is O=C(c1cc2ccccc2oc1=O)N1CCO[C@H](c2ccccc2)C1. The summed E-state index contributed by atoms with van der Waals surface area (Å²) in [7, 11) is 0. The molecule has 0 N–H and O–H groups in total. The van der Waals surface area contributed by atoms with Crippen molar-refractivity contribution in [1.82, 2.24) is 4.90 Å². The fourth-order valence-corrected chi connectivity index (χ4v) is 3.08. The lowest BCUT2D eigenvalue weighted by atomic mass is 10.1. The summed E-state index contributed by atoms with van der Waals surface area (Å²) >= 11 is 0. The van der Waals surface area contributed by atoms with Gasteiger partial charge < -0.3 is 14.1 Å². The first kappa shape index (κ1) is 15.6. The Morgan fingerprint density at radius 3 is 2.64 bits per heavy atom. The van der Waals surface area contributed by atoms with Gasteiger partial charge in [-0.1, -0.05) is 48.5 Å². The van der Waals surface area contributed by atoms with Crippen LogP contribution in [0.15, 0.2) is 69.9 Å². The molecule has 5 nitrogen and oxygen atoms in total. The molecule has 0 aliphatic carbocycles. The normalized spacial score (nSPS) is 17.6. The molecule has 2 heterocycles. The largest absolute Gasteiger partial charge is 0.422 e. The van der Waals surface area contributed by atoms with Crippen LogP contribution < -0.4 is 5.63 Å². The highest BCUT2D eigenvalue weighted by molar-refractivity contribution is 5.96. The third kappa shape index (κ3) is 3.06. The standard InChI is InChI=1S/C20H17NO4/c22-19(16-12-15-8-4-5-9-17(15)25-20(16)23)21-10-11-24-18(13-21)14-6-2-1-3-7-14/h1-9,12,18H,10-11,13H2/t18-/m0/s1. The van der Waals surface area contributed by atoms with Gasteiger partial charge in [-0.15, -0.1) is 0 Å². The second-order valence-corrected chi connectivity index (χ2v) is 6.01. The number of ether oxygens (including phenoxy) is 1. The summed E-state index contributed by atoms with van der Waals surface area (Å²) in [5.74, 6) is -0.316. The summed E-state index contributed by atoms with van der Waals surface area (Å²) < 4.78 is 11.1. The van der Waals surface area contributed by atoms with E-state index in [1.807, 2.05) is 42.5 Å². The molecule has 1 aromatic heterocycles. The maximum absolute atomic E-state index is 12.9. The van der Waals surface area contributed by atoms with Gasteiger partial charge in [0.05, 0.1) is 13.2 Å². The Morgan fingerprint density at radius 2 is 1.80 bits per heavy atom. The van der Waals surface area contributed by atoms with Crippen LogP contribution in [-0.4, -0.2) is 30.5 Å². The number of hydrogen-bond donors (Lipinski definition) is 0. The van der Waals surface area contributed by atoms with Crippen molar-refractivity contribution < 1.29 is 13.9 Å². The molecule has 25 heavy (non-hydrogen) atoms. The lowest BCUT2D eigenvalue weighted by Crippen LogP contribution is -2.43. The highest BCUT2D eigenvalue weighted by Gasteiger charge is 2.28. The second kappa shape index (κ2) is 6.53. The number of rotatable bonds is 2. The number of carbonyl (C=O) groups excluding carboxylic acids is 1. The van der Waals surface area contributed by atoms with Crippen molar-refractivity contribution in [3.05, 3.63) is 82.2 Å². The molecule has 0 saturated carbocycles. The molecule has 0 spiro atoms. The molecule has 0 radical (unpaired) electrons. The molecule has 4 rings (SSSR count). The van der Waals surface area contributed by atoms with Crippen LogP contribution in [0.2, 0.25) is 0 Å². The number of nitrogens with zero attached hydrogens (tertiary/aromatic N) is 1. The molecule has 1 saturated heterocycles. The number of morpholine rings is 1. The first-order chi connectivity index (χ1) is 12.2. The molecule has 1 atom stereocenters. The van der Waals surface area contributed by atoms with Gasteiger partial charge in [0.25, 0.3) is 5.91 Å². The molecule has 5 heteroatoms. The van der Waals surface area contributed by atoms with Crippen molar-refractivity contribution in [3.8, 4) is 0 Å². The zero-order chi connectivity index (χ0) is 17.2. The Bertz CT molecular complexity index is 964. The van der Waals surface area contributed by atoms with E-state index >= 15 is 0 Å². The van der Waals surface area contributed by atoms with Crippen molar-refractivity contribution in [2.75, 3.05) is 19.7 Å². The Morgan fingerprint density at radius 1 is 1.04 bits per heavy atom. The Kier molecular flexibility index (Phi) is 4.07. The highest BCUT2D eigenvalue weighted by Crippen LogP contribution is 2.23. The minimum Gasteiger partial charge on any atom is -0.422 e. The summed E-state index contributed by atoms with van der Waals surface area (Å²) in [6.45, 7) is 1.30. The van der Waals surface area contributed by atoms with Crippen molar-refractivity contribution in [1.29, 1.82) is 0 Å². The third-order valence-electron chi connectivity index (χ3n) is 4.40. The first-order valence-electron chi connectivity index (χ1n) is 8.21. The Labute approximate surface area is 144 Å². The van der Waals surface area contributed by atoms with E-state index in [9.17, 15) is 9.59 Å². The lowest BCUT2D eigenvalue weighted by Gasteiger charge is -2.33. The molecular formula is C20H17NO4. The Hall–Kier alpha value is -2.92. The van der Waals surface area contributed by atoms with Gasteiger partial charge >= 0.3 is 5.63 Å². The van der Waals surface area contributed by atoms with E-state index in [0.717, 1.165) is 10.9 Å². The van der Waals surface area contributed by atoms with Gasteiger partial charge in [-0.3, -0.25) is 4.79 Å². The van der Waals surface area contributed by atoms with Crippen LogP contribution in [0, 0.1) is 0 Å². The zero-order valence-electron chi connectivity index (χ0n) is 13.6. The average molecular weight is 335 g/mol. The fraction of sp³-hybridized carbons (Fsp3) is 0.200. The maximum Gasteiger partial charge on any atom is 0.349 e. The van der Waals surface area contributed by atoms with Crippen LogP contribution >= 0.6 is 0 Å². The van der Waals surface area contributed by atoms with Crippen LogP contribution in [0.5, 0.6) is 0 Å². The van der Waals surface area contributed by atoms with Gasteiger partial charge in [-0.2, -0.15) is 0 Å². The zero-order valence-corrected chi connectivity index (χ0v) is 13.6. The molecule has 1 aliphatic heterocycles. The molecule has 2 aromatic carbocycles. The van der Waals surface area contributed by atoms with Crippen LogP contribution in [0.25, 0.3) is 11.0 Å². The van der Waals surface area contributed by atoms with Crippen molar-refractivity contribution >= 4 is 16.9 Å². The summed E-state index contributed by atoms with van der Waals surface area (Å²) in [4.78, 5) is 26.7. The number of carbonyl (C=O) groups is 1. The minimum atomic E-state index is -0.605. The summed E-state index contributed by atoms with van der Waals surface area (Å²) in [6, 6.07) is 18.6. The smallest absolute Gasteiger partial charge is 0.349 e. The lowest BCUT2D eigenvalue weighted by molar-refractivity contribution is -0.0229. The van der Waals surface area contributed by atoms with E-state index in [2.05, 4.69) is 0 Å². The minimum absolute atomic E-state index is 0.0624.